The first-order valence-electron chi connectivity index (χ1n) is 6.18. The molecule has 2 heteroatoms. The summed E-state index contributed by atoms with van der Waals surface area (Å²) in [5.41, 5.74) is -0.141. The van der Waals surface area contributed by atoms with E-state index in [9.17, 15) is 4.79 Å². The highest BCUT2D eigenvalue weighted by molar-refractivity contribution is 5.84. The van der Waals surface area contributed by atoms with E-state index >= 15 is 0 Å². The summed E-state index contributed by atoms with van der Waals surface area (Å²) < 4.78 is 0. The zero-order valence-corrected chi connectivity index (χ0v) is 10.6. The number of piperidine rings is 1. The minimum atomic E-state index is -0.141. The Morgan fingerprint density at radius 1 is 1.47 bits per heavy atom. The van der Waals surface area contributed by atoms with Crippen molar-refractivity contribution < 1.29 is 4.79 Å². The second kappa shape index (κ2) is 5.11. The van der Waals surface area contributed by atoms with E-state index in [0.717, 1.165) is 19.5 Å². The molecule has 0 aromatic heterocycles. The van der Waals surface area contributed by atoms with Gasteiger partial charge in [-0.15, -0.1) is 0 Å². The zero-order chi connectivity index (χ0) is 11.5. The van der Waals surface area contributed by atoms with Crippen molar-refractivity contribution in [1.82, 2.24) is 5.32 Å². The number of nitrogens with one attached hydrogen (secondary N) is 1. The van der Waals surface area contributed by atoms with E-state index < -0.39 is 0 Å². The summed E-state index contributed by atoms with van der Waals surface area (Å²) in [6, 6.07) is 0. The van der Waals surface area contributed by atoms with Crippen LogP contribution in [0.3, 0.4) is 0 Å². The highest BCUT2D eigenvalue weighted by Gasteiger charge is 2.36. The molecule has 0 amide bonds. The van der Waals surface area contributed by atoms with Crippen LogP contribution < -0.4 is 5.32 Å². The molecule has 0 aromatic rings. The Morgan fingerprint density at radius 2 is 2.13 bits per heavy atom. The molecule has 1 aliphatic rings. The summed E-state index contributed by atoms with van der Waals surface area (Å²) in [4.78, 5) is 12.1. The maximum atomic E-state index is 12.1. The van der Waals surface area contributed by atoms with Crippen molar-refractivity contribution >= 4 is 5.78 Å². The first kappa shape index (κ1) is 12.7. The minimum absolute atomic E-state index is 0.141. The van der Waals surface area contributed by atoms with E-state index in [1.54, 1.807) is 0 Å². The summed E-state index contributed by atoms with van der Waals surface area (Å²) in [6.45, 7) is 10.6. The molecule has 0 saturated carbocycles. The molecule has 1 fully saturated rings. The van der Waals surface area contributed by atoms with Gasteiger partial charge in [0.05, 0.1) is 0 Å². The van der Waals surface area contributed by atoms with Crippen LogP contribution in [0.4, 0.5) is 0 Å². The number of rotatable bonds is 4. The molecule has 0 spiro atoms. The van der Waals surface area contributed by atoms with Crippen LogP contribution in [0, 0.1) is 17.3 Å². The lowest BCUT2D eigenvalue weighted by Crippen LogP contribution is -2.42. The fourth-order valence-electron chi connectivity index (χ4n) is 2.33. The fourth-order valence-corrected chi connectivity index (χ4v) is 2.33. The van der Waals surface area contributed by atoms with Crippen molar-refractivity contribution in [2.24, 2.45) is 17.3 Å². The average Bonchev–Trinajstić information content (AvgIpc) is 2.18. The summed E-state index contributed by atoms with van der Waals surface area (Å²) >= 11 is 0. The molecule has 15 heavy (non-hydrogen) atoms. The van der Waals surface area contributed by atoms with Gasteiger partial charge in [0, 0.05) is 11.8 Å². The quantitative estimate of drug-likeness (QED) is 0.774. The number of Topliss-reactive ketones (excluding diaryl/α,β-unsaturated/α-hetero) is 1. The van der Waals surface area contributed by atoms with E-state index in [1.165, 1.54) is 12.8 Å². The smallest absolute Gasteiger partial charge is 0.139 e. The van der Waals surface area contributed by atoms with Crippen LogP contribution in [-0.2, 0) is 4.79 Å². The Bertz CT molecular complexity index is 215. The normalized spacial score (nSPS) is 23.1. The van der Waals surface area contributed by atoms with Gasteiger partial charge >= 0.3 is 0 Å². The Labute approximate surface area is 93.8 Å². The molecule has 1 atom stereocenters. The van der Waals surface area contributed by atoms with Crippen LogP contribution in [-0.4, -0.2) is 18.9 Å². The predicted octanol–water partition coefficient (Wildman–Crippen LogP) is 2.63. The Balaban J connectivity index is 2.58. The summed E-state index contributed by atoms with van der Waals surface area (Å²) in [6.07, 6.45) is 3.14. The van der Waals surface area contributed by atoms with Crippen molar-refractivity contribution in [3.8, 4) is 0 Å². The van der Waals surface area contributed by atoms with E-state index in [0.29, 0.717) is 17.6 Å². The molecular weight excluding hydrogens is 186 g/mol. The van der Waals surface area contributed by atoms with Gasteiger partial charge in [-0.25, -0.2) is 0 Å². The van der Waals surface area contributed by atoms with Crippen LogP contribution in [0.25, 0.3) is 0 Å². The molecule has 0 aliphatic carbocycles. The molecule has 1 rings (SSSR count). The molecule has 0 aromatic carbocycles. The van der Waals surface area contributed by atoms with Gasteiger partial charge in [-0.2, -0.15) is 0 Å². The summed E-state index contributed by atoms with van der Waals surface area (Å²) in [5.74, 6) is 1.44. The van der Waals surface area contributed by atoms with Crippen LogP contribution in [0.1, 0.15) is 47.0 Å². The van der Waals surface area contributed by atoms with Gasteiger partial charge < -0.3 is 5.32 Å². The first-order chi connectivity index (χ1) is 6.94. The lowest BCUT2D eigenvalue weighted by atomic mass is 9.70. The van der Waals surface area contributed by atoms with Gasteiger partial charge in [0.1, 0.15) is 5.78 Å². The first-order valence-corrected chi connectivity index (χ1v) is 6.18. The molecule has 1 unspecified atom stereocenters. The SMILES string of the molecule is CC(C)CC(=O)C(C)(C)C1CCCNC1. The van der Waals surface area contributed by atoms with E-state index in [-0.39, 0.29) is 5.41 Å². The molecule has 1 aliphatic heterocycles. The molecule has 1 N–H and O–H groups in total. The average molecular weight is 211 g/mol. The van der Waals surface area contributed by atoms with Crippen molar-refractivity contribution in [2.45, 2.75) is 47.0 Å². The second-order valence-electron chi connectivity index (χ2n) is 5.79. The molecule has 2 nitrogen and oxygen atoms in total. The highest BCUT2D eigenvalue weighted by atomic mass is 16.1. The largest absolute Gasteiger partial charge is 0.316 e. The van der Waals surface area contributed by atoms with Gasteiger partial charge in [-0.3, -0.25) is 4.79 Å². The van der Waals surface area contributed by atoms with E-state index in [1.807, 2.05) is 0 Å². The fraction of sp³-hybridized carbons (Fsp3) is 0.923. The second-order valence-corrected chi connectivity index (χ2v) is 5.79. The predicted molar refractivity (Wildman–Crippen MR) is 63.8 cm³/mol. The van der Waals surface area contributed by atoms with Gasteiger partial charge in [0.15, 0.2) is 0 Å². The van der Waals surface area contributed by atoms with E-state index in [4.69, 9.17) is 0 Å². The van der Waals surface area contributed by atoms with Crippen molar-refractivity contribution in [2.75, 3.05) is 13.1 Å². The van der Waals surface area contributed by atoms with Crippen molar-refractivity contribution in [3.05, 3.63) is 0 Å². The van der Waals surface area contributed by atoms with Crippen LogP contribution in [0.5, 0.6) is 0 Å². The zero-order valence-electron chi connectivity index (χ0n) is 10.6. The Kier molecular flexibility index (Phi) is 4.32. The minimum Gasteiger partial charge on any atom is -0.316 e. The standard InChI is InChI=1S/C13H25NO/c1-10(2)8-12(15)13(3,4)11-6-5-7-14-9-11/h10-11,14H,5-9H2,1-4H3. The number of ketones is 1. The molecule has 0 bridgehead atoms. The van der Waals surface area contributed by atoms with Gasteiger partial charge in [0.25, 0.3) is 0 Å². The number of hydrogen-bond donors (Lipinski definition) is 1. The van der Waals surface area contributed by atoms with E-state index in [2.05, 4.69) is 33.0 Å². The van der Waals surface area contributed by atoms with Crippen LogP contribution in [0.15, 0.2) is 0 Å². The third-order valence-electron chi connectivity index (χ3n) is 3.63. The molecule has 1 saturated heterocycles. The third kappa shape index (κ3) is 3.30. The topological polar surface area (TPSA) is 29.1 Å². The Hall–Kier alpha value is -0.370. The lowest BCUT2D eigenvalue weighted by molar-refractivity contribution is -0.131. The number of carbonyl (C=O) groups is 1. The van der Waals surface area contributed by atoms with Crippen molar-refractivity contribution in [3.63, 3.8) is 0 Å². The van der Waals surface area contributed by atoms with Gasteiger partial charge in [-0.1, -0.05) is 27.7 Å². The van der Waals surface area contributed by atoms with Gasteiger partial charge in [-0.05, 0) is 37.8 Å². The number of carbonyl (C=O) groups excluding carboxylic acids is 1. The molecule has 88 valence electrons. The maximum absolute atomic E-state index is 12.1. The lowest BCUT2D eigenvalue weighted by Gasteiger charge is -2.36. The molecular formula is C13H25NO. The maximum Gasteiger partial charge on any atom is 0.139 e. The summed E-state index contributed by atoms with van der Waals surface area (Å²) in [5, 5.41) is 3.40. The third-order valence-corrected chi connectivity index (χ3v) is 3.63. The Morgan fingerprint density at radius 3 is 2.60 bits per heavy atom. The summed E-state index contributed by atoms with van der Waals surface area (Å²) in [7, 11) is 0. The van der Waals surface area contributed by atoms with Crippen LogP contribution >= 0.6 is 0 Å². The number of hydrogen-bond acceptors (Lipinski definition) is 2. The monoisotopic (exact) mass is 211 g/mol. The molecule has 1 heterocycles. The van der Waals surface area contributed by atoms with Crippen molar-refractivity contribution in [1.29, 1.82) is 0 Å². The van der Waals surface area contributed by atoms with Crippen LogP contribution in [0.2, 0.25) is 0 Å². The highest BCUT2D eigenvalue weighted by Crippen LogP contribution is 2.34. The van der Waals surface area contributed by atoms with Gasteiger partial charge in [0.2, 0.25) is 0 Å². The molecule has 0 radical (unpaired) electrons.